The summed E-state index contributed by atoms with van der Waals surface area (Å²) in [6.07, 6.45) is 7.40. The highest BCUT2D eigenvalue weighted by molar-refractivity contribution is 7.09. The second-order valence-electron chi connectivity index (χ2n) is 7.30. The Kier molecular flexibility index (Phi) is 5.17. The molecule has 4 rings (SSSR count). The minimum atomic E-state index is 0.133. The number of nitrogens with zero attached hydrogens (tertiary/aromatic N) is 3. The van der Waals surface area contributed by atoms with E-state index in [2.05, 4.69) is 43.6 Å². The number of aromatic nitrogens is 2. The van der Waals surface area contributed by atoms with E-state index in [0.29, 0.717) is 13.0 Å². The van der Waals surface area contributed by atoms with Crippen molar-refractivity contribution in [1.29, 1.82) is 0 Å². The molecule has 1 saturated carbocycles. The monoisotopic (exact) mass is 358 g/mol. The van der Waals surface area contributed by atoms with Crippen molar-refractivity contribution in [1.82, 2.24) is 20.0 Å². The summed E-state index contributed by atoms with van der Waals surface area (Å²) in [4.78, 5) is 16.2. The van der Waals surface area contributed by atoms with Gasteiger partial charge in [-0.2, -0.15) is 5.10 Å². The van der Waals surface area contributed by atoms with Crippen molar-refractivity contribution in [2.24, 2.45) is 5.92 Å². The van der Waals surface area contributed by atoms with E-state index >= 15 is 0 Å². The van der Waals surface area contributed by atoms with Gasteiger partial charge in [-0.25, -0.2) is 0 Å². The van der Waals surface area contributed by atoms with Crippen molar-refractivity contribution < 1.29 is 4.79 Å². The topological polar surface area (TPSA) is 50.2 Å². The van der Waals surface area contributed by atoms with Crippen LogP contribution in [0, 0.1) is 5.92 Å². The second kappa shape index (κ2) is 7.70. The lowest BCUT2D eigenvalue weighted by Crippen LogP contribution is -2.42. The van der Waals surface area contributed by atoms with Crippen LogP contribution in [-0.4, -0.2) is 40.2 Å². The zero-order chi connectivity index (χ0) is 17.1. The molecule has 0 spiro atoms. The smallest absolute Gasteiger partial charge is 0.222 e. The Bertz CT molecular complexity index is 692. The van der Waals surface area contributed by atoms with E-state index in [-0.39, 0.29) is 11.9 Å². The lowest BCUT2D eigenvalue weighted by atomic mass is 9.85. The molecular formula is C19H26N4OS. The van der Waals surface area contributed by atoms with Gasteiger partial charge < -0.3 is 5.32 Å². The lowest BCUT2D eigenvalue weighted by molar-refractivity contribution is -0.122. The number of thiophene rings is 1. The van der Waals surface area contributed by atoms with E-state index in [1.165, 1.54) is 36.4 Å². The van der Waals surface area contributed by atoms with E-state index in [9.17, 15) is 4.79 Å². The SMILES string of the molecule is O=C(CC1CN(CC2CCC2)Cc2ccnn21)NCCc1cccs1. The molecule has 0 radical (unpaired) electrons. The van der Waals surface area contributed by atoms with Gasteiger partial charge in [0.15, 0.2) is 0 Å². The molecule has 1 aliphatic carbocycles. The molecule has 1 aliphatic heterocycles. The zero-order valence-corrected chi connectivity index (χ0v) is 15.4. The van der Waals surface area contributed by atoms with Crippen LogP contribution < -0.4 is 5.32 Å². The Morgan fingerprint density at radius 3 is 3.04 bits per heavy atom. The van der Waals surface area contributed by atoms with Crippen molar-refractivity contribution in [3.8, 4) is 0 Å². The predicted octanol–water partition coefficient (Wildman–Crippen LogP) is 2.85. The maximum Gasteiger partial charge on any atom is 0.222 e. The van der Waals surface area contributed by atoms with Gasteiger partial charge in [-0.05, 0) is 42.7 Å². The summed E-state index contributed by atoms with van der Waals surface area (Å²) in [7, 11) is 0. The second-order valence-corrected chi connectivity index (χ2v) is 8.33. The average Bonchev–Trinajstić information content (AvgIpc) is 3.22. The molecule has 25 heavy (non-hydrogen) atoms. The highest BCUT2D eigenvalue weighted by Gasteiger charge is 2.29. The fourth-order valence-electron chi connectivity index (χ4n) is 3.86. The van der Waals surface area contributed by atoms with Crippen molar-refractivity contribution in [2.45, 2.75) is 44.7 Å². The van der Waals surface area contributed by atoms with Crippen LogP contribution in [0.15, 0.2) is 29.8 Å². The molecule has 1 atom stereocenters. The Balaban J connectivity index is 1.31. The first-order valence-corrected chi connectivity index (χ1v) is 10.2. The standard InChI is InChI=1S/C19H26N4OS/c24-19(20-8-7-18-5-2-10-25-18)11-17-14-22(12-15-3-1-4-15)13-16-6-9-21-23(16)17/h2,5-6,9-10,15,17H,1,3-4,7-8,11-14H2,(H,20,24). The van der Waals surface area contributed by atoms with Gasteiger partial charge in [0.25, 0.3) is 0 Å². The van der Waals surface area contributed by atoms with Crippen LogP contribution in [0.5, 0.6) is 0 Å². The van der Waals surface area contributed by atoms with Gasteiger partial charge in [0.05, 0.1) is 18.2 Å². The highest BCUT2D eigenvalue weighted by atomic mass is 32.1. The zero-order valence-electron chi connectivity index (χ0n) is 14.6. The van der Waals surface area contributed by atoms with Crippen LogP contribution in [0.25, 0.3) is 0 Å². The summed E-state index contributed by atoms with van der Waals surface area (Å²) in [6, 6.07) is 6.42. The van der Waals surface area contributed by atoms with Crippen LogP contribution in [0.4, 0.5) is 0 Å². The van der Waals surface area contributed by atoms with Crippen LogP contribution in [0.2, 0.25) is 0 Å². The number of amides is 1. The fourth-order valence-corrected chi connectivity index (χ4v) is 4.57. The molecule has 2 aromatic rings. The largest absolute Gasteiger partial charge is 0.356 e. The third-order valence-corrected chi connectivity index (χ3v) is 6.32. The Morgan fingerprint density at radius 2 is 2.28 bits per heavy atom. The number of rotatable bonds is 7. The average molecular weight is 359 g/mol. The molecular weight excluding hydrogens is 332 g/mol. The summed E-state index contributed by atoms with van der Waals surface area (Å²) in [5, 5.41) is 9.63. The molecule has 6 heteroatoms. The number of hydrogen-bond acceptors (Lipinski definition) is 4. The first-order valence-electron chi connectivity index (χ1n) is 9.32. The minimum Gasteiger partial charge on any atom is -0.356 e. The third kappa shape index (κ3) is 4.12. The molecule has 1 N–H and O–H groups in total. The summed E-state index contributed by atoms with van der Waals surface area (Å²) in [5.74, 6) is 0.989. The maximum atomic E-state index is 12.4. The Morgan fingerprint density at radius 1 is 1.36 bits per heavy atom. The number of hydrogen-bond donors (Lipinski definition) is 1. The molecule has 134 valence electrons. The first kappa shape index (κ1) is 16.8. The molecule has 1 amide bonds. The van der Waals surface area contributed by atoms with Gasteiger partial charge in [-0.15, -0.1) is 11.3 Å². The van der Waals surface area contributed by atoms with Crippen molar-refractivity contribution in [3.05, 3.63) is 40.3 Å². The summed E-state index contributed by atoms with van der Waals surface area (Å²) >= 11 is 1.74. The molecule has 3 heterocycles. The predicted molar refractivity (Wildman–Crippen MR) is 99.5 cm³/mol. The maximum absolute atomic E-state index is 12.4. The van der Waals surface area contributed by atoms with E-state index < -0.39 is 0 Å². The van der Waals surface area contributed by atoms with Crippen LogP contribution in [-0.2, 0) is 17.8 Å². The molecule has 0 saturated heterocycles. The highest BCUT2D eigenvalue weighted by Crippen LogP contribution is 2.30. The van der Waals surface area contributed by atoms with Gasteiger partial charge in [-0.1, -0.05) is 12.5 Å². The summed E-state index contributed by atoms with van der Waals surface area (Å²) < 4.78 is 2.07. The third-order valence-electron chi connectivity index (χ3n) is 5.39. The first-order chi connectivity index (χ1) is 12.3. The Hall–Kier alpha value is -1.66. The normalized spacial score (nSPS) is 20.9. The van der Waals surface area contributed by atoms with Gasteiger partial charge in [0, 0.05) is 37.3 Å². The minimum absolute atomic E-state index is 0.133. The van der Waals surface area contributed by atoms with Crippen molar-refractivity contribution in [2.75, 3.05) is 19.6 Å². The number of fused-ring (bicyclic) bond motifs is 1. The van der Waals surface area contributed by atoms with Crippen molar-refractivity contribution in [3.63, 3.8) is 0 Å². The molecule has 0 aromatic carbocycles. The van der Waals surface area contributed by atoms with E-state index in [1.54, 1.807) is 11.3 Å². The fraction of sp³-hybridized carbons (Fsp3) is 0.579. The lowest BCUT2D eigenvalue weighted by Gasteiger charge is -2.38. The van der Waals surface area contributed by atoms with Crippen molar-refractivity contribution >= 4 is 17.2 Å². The number of carbonyl (C=O) groups excluding carboxylic acids is 1. The number of nitrogens with one attached hydrogen (secondary N) is 1. The number of carbonyl (C=O) groups is 1. The van der Waals surface area contributed by atoms with E-state index in [4.69, 9.17) is 0 Å². The quantitative estimate of drug-likeness (QED) is 0.828. The van der Waals surface area contributed by atoms with E-state index in [0.717, 1.165) is 25.4 Å². The van der Waals surface area contributed by atoms with Gasteiger partial charge in [0.2, 0.25) is 5.91 Å². The molecule has 0 bridgehead atoms. The Labute approximate surface area is 153 Å². The molecule has 5 nitrogen and oxygen atoms in total. The molecule has 1 unspecified atom stereocenters. The van der Waals surface area contributed by atoms with Crippen LogP contribution in [0.3, 0.4) is 0 Å². The van der Waals surface area contributed by atoms with Gasteiger partial charge in [0.1, 0.15) is 0 Å². The van der Waals surface area contributed by atoms with Gasteiger partial charge >= 0.3 is 0 Å². The van der Waals surface area contributed by atoms with Crippen LogP contribution >= 0.6 is 11.3 Å². The summed E-state index contributed by atoms with van der Waals surface area (Å²) in [6.45, 7) is 3.78. The van der Waals surface area contributed by atoms with Gasteiger partial charge in [-0.3, -0.25) is 14.4 Å². The molecule has 1 fully saturated rings. The molecule has 2 aromatic heterocycles. The van der Waals surface area contributed by atoms with Crippen LogP contribution in [0.1, 0.15) is 42.3 Å². The van der Waals surface area contributed by atoms with E-state index in [1.807, 2.05) is 6.20 Å². The summed E-state index contributed by atoms with van der Waals surface area (Å²) in [5.41, 5.74) is 1.24. The molecule has 2 aliphatic rings.